The highest BCUT2D eigenvalue weighted by Crippen LogP contribution is 1.92. The Kier molecular flexibility index (Phi) is 3.36. The molecule has 0 N–H and O–H groups in total. The Labute approximate surface area is 58.0 Å². The van der Waals surface area contributed by atoms with Crippen LogP contribution in [0.25, 0.3) is 0 Å². The molecule has 0 aliphatic heterocycles. The van der Waals surface area contributed by atoms with E-state index in [0.717, 1.165) is 6.08 Å². The summed E-state index contributed by atoms with van der Waals surface area (Å²) in [6.07, 6.45) is -0.173. The first-order valence-electron chi connectivity index (χ1n) is 2.76. The van der Waals surface area contributed by atoms with Gasteiger partial charge in [-0.05, 0) is 18.7 Å². The third-order valence-electron chi connectivity index (χ3n) is 0.796. The van der Waals surface area contributed by atoms with Gasteiger partial charge in [0.1, 0.15) is 6.17 Å². The first-order valence-corrected chi connectivity index (χ1v) is 2.76. The molecule has 0 aliphatic rings. The number of allylic oxidation sites excluding steroid dienone is 1. The second-order valence-electron chi connectivity index (χ2n) is 1.83. The molecule has 3 nitrogen and oxygen atoms in total. The first-order chi connectivity index (χ1) is 4.54. The van der Waals surface area contributed by atoms with Crippen LogP contribution in [0.15, 0.2) is 17.5 Å². The second kappa shape index (κ2) is 3.80. The topological polar surface area (TPSA) is 43.1 Å². The van der Waals surface area contributed by atoms with Crippen LogP contribution in [0.3, 0.4) is 0 Å². The molecular weight excluding hydrogens is 137 g/mol. The van der Waals surface area contributed by atoms with Crippen molar-refractivity contribution in [3.05, 3.63) is 27.6 Å². The van der Waals surface area contributed by atoms with E-state index in [4.69, 9.17) is 0 Å². The molecule has 0 spiro atoms. The van der Waals surface area contributed by atoms with Crippen LogP contribution in [0.1, 0.15) is 13.8 Å². The van der Waals surface area contributed by atoms with Gasteiger partial charge in [0.15, 0.2) is 0 Å². The van der Waals surface area contributed by atoms with Gasteiger partial charge in [0.2, 0.25) is 0 Å². The standard InChI is InChI=1S/C6H8FNO2/c1-5(7)3-4-6(2)8(9)10/h3,5H,1-2H3. The van der Waals surface area contributed by atoms with Crippen molar-refractivity contribution in [2.45, 2.75) is 20.0 Å². The molecule has 1 atom stereocenters. The molecule has 0 saturated carbocycles. The first kappa shape index (κ1) is 8.85. The Hall–Kier alpha value is -1.15. The summed E-state index contributed by atoms with van der Waals surface area (Å²) in [6.45, 7) is 2.54. The van der Waals surface area contributed by atoms with Gasteiger partial charge in [-0.3, -0.25) is 10.1 Å². The summed E-state index contributed by atoms with van der Waals surface area (Å²) >= 11 is 0. The van der Waals surface area contributed by atoms with Crippen molar-refractivity contribution in [1.82, 2.24) is 0 Å². The fraction of sp³-hybridized carbons (Fsp3) is 0.500. The SMILES string of the molecule is CC(=C=CC(C)F)[N+](=O)[O-]. The molecule has 0 saturated heterocycles. The van der Waals surface area contributed by atoms with Crippen molar-refractivity contribution < 1.29 is 9.31 Å². The van der Waals surface area contributed by atoms with E-state index in [0.29, 0.717) is 0 Å². The largest absolute Gasteiger partial charge is 0.285 e. The van der Waals surface area contributed by atoms with Gasteiger partial charge in [-0.1, -0.05) is 0 Å². The second-order valence-corrected chi connectivity index (χ2v) is 1.83. The molecule has 0 amide bonds. The lowest BCUT2D eigenvalue weighted by atomic mass is 10.4. The smallest absolute Gasteiger partial charge is 0.258 e. The van der Waals surface area contributed by atoms with E-state index < -0.39 is 11.1 Å². The van der Waals surface area contributed by atoms with E-state index in [1.165, 1.54) is 13.8 Å². The van der Waals surface area contributed by atoms with E-state index in [-0.39, 0.29) is 5.70 Å². The normalized spacial score (nSPS) is 11.5. The lowest BCUT2D eigenvalue weighted by Gasteiger charge is -1.84. The van der Waals surface area contributed by atoms with Gasteiger partial charge in [-0.15, -0.1) is 0 Å². The van der Waals surface area contributed by atoms with Crippen molar-refractivity contribution in [1.29, 1.82) is 0 Å². The van der Waals surface area contributed by atoms with Crippen molar-refractivity contribution in [2.24, 2.45) is 0 Å². The zero-order valence-corrected chi connectivity index (χ0v) is 5.80. The summed E-state index contributed by atoms with van der Waals surface area (Å²) in [5, 5.41) is 9.88. The maximum absolute atomic E-state index is 12.0. The summed E-state index contributed by atoms with van der Waals surface area (Å²) in [6, 6.07) is 0. The van der Waals surface area contributed by atoms with Gasteiger partial charge in [-0.2, -0.15) is 0 Å². The molecule has 0 bridgehead atoms. The molecule has 0 rings (SSSR count). The molecule has 0 fully saturated rings. The lowest BCUT2D eigenvalue weighted by Crippen LogP contribution is -1.91. The minimum Gasteiger partial charge on any atom is -0.258 e. The number of alkyl halides is 1. The Balaban J connectivity index is 4.29. The number of hydrogen-bond donors (Lipinski definition) is 0. The molecule has 0 aromatic heterocycles. The number of hydrogen-bond acceptors (Lipinski definition) is 2. The number of nitro groups is 1. The number of nitrogens with zero attached hydrogens (tertiary/aromatic N) is 1. The van der Waals surface area contributed by atoms with E-state index in [1.807, 2.05) is 0 Å². The van der Waals surface area contributed by atoms with Crippen molar-refractivity contribution in [3.8, 4) is 0 Å². The van der Waals surface area contributed by atoms with Gasteiger partial charge in [0.25, 0.3) is 5.70 Å². The van der Waals surface area contributed by atoms with Crippen molar-refractivity contribution >= 4 is 0 Å². The van der Waals surface area contributed by atoms with Crippen LogP contribution in [0.4, 0.5) is 4.39 Å². The summed E-state index contributed by atoms with van der Waals surface area (Å²) in [7, 11) is 0. The Morgan fingerprint density at radius 2 is 2.40 bits per heavy atom. The van der Waals surface area contributed by atoms with E-state index >= 15 is 0 Å². The predicted octanol–water partition coefficient (Wildman–Crippen LogP) is 1.68. The van der Waals surface area contributed by atoms with E-state index in [2.05, 4.69) is 5.73 Å². The Bertz CT molecular complexity index is 192. The molecule has 0 radical (unpaired) electrons. The highest BCUT2D eigenvalue weighted by atomic mass is 19.1. The van der Waals surface area contributed by atoms with Gasteiger partial charge in [-0.25, -0.2) is 4.39 Å². The third kappa shape index (κ3) is 3.80. The van der Waals surface area contributed by atoms with Crippen LogP contribution in [0, 0.1) is 10.1 Å². The molecule has 4 heteroatoms. The predicted molar refractivity (Wildman–Crippen MR) is 34.8 cm³/mol. The molecule has 0 aromatic carbocycles. The zero-order valence-electron chi connectivity index (χ0n) is 5.80. The fourth-order valence-electron chi connectivity index (χ4n) is 0.288. The van der Waals surface area contributed by atoms with Crippen molar-refractivity contribution in [3.63, 3.8) is 0 Å². The maximum atomic E-state index is 12.0. The van der Waals surface area contributed by atoms with Gasteiger partial charge >= 0.3 is 0 Å². The van der Waals surface area contributed by atoms with Crippen LogP contribution < -0.4 is 0 Å². The third-order valence-corrected chi connectivity index (χ3v) is 0.796. The highest BCUT2D eigenvalue weighted by Gasteiger charge is 1.97. The molecule has 10 heavy (non-hydrogen) atoms. The Morgan fingerprint density at radius 1 is 1.90 bits per heavy atom. The molecule has 0 heterocycles. The maximum Gasteiger partial charge on any atom is 0.285 e. The minimum absolute atomic E-state index is 0.176. The lowest BCUT2D eigenvalue weighted by molar-refractivity contribution is -0.424. The highest BCUT2D eigenvalue weighted by molar-refractivity contribution is 4.91. The van der Waals surface area contributed by atoms with Crippen LogP contribution in [-0.4, -0.2) is 11.1 Å². The van der Waals surface area contributed by atoms with E-state index in [1.54, 1.807) is 0 Å². The van der Waals surface area contributed by atoms with Crippen LogP contribution in [-0.2, 0) is 0 Å². The minimum atomic E-state index is -1.19. The quantitative estimate of drug-likeness (QED) is 0.337. The van der Waals surface area contributed by atoms with Gasteiger partial charge in [0.05, 0.1) is 4.92 Å². The molecule has 1 unspecified atom stereocenters. The number of rotatable bonds is 2. The average molecular weight is 145 g/mol. The monoisotopic (exact) mass is 145 g/mol. The Morgan fingerprint density at radius 3 is 2.70 bits per heavy atom. The van der Waals surface area contributed by atoms with Gasteiger partial charge < -0.3 is 0 Å². The molecule has 0 aliphatic carbocycles. The van der Waals surface area contributed by atoms with Crippen molar-refractivity contribution in [2.75, 3.05) is 0 Å². The summed E-state index contributed by atoms with van der Waals surface area (Å²) in [5.74, 6) is 0. The van der Waals surface area contributed by atoms with Gasteiger partial charge in [0, 0.05) is 6.92 Å². The molecule has 0 aromatic rings. The van der Waals surface area contributed by atoms with Crippen LogP contribution in [0.2, 0.25) is 0 Å². The fourth-order valence-corrected chi connectivity index (χ4v) is 0.288. The zero-order chi connectivity index (χ0) is 8.15. The number of halogens is 1. The van der Waals surface area contributed by atoms with Crippen LogP contribution in [0.5, 0.6) is 0 Å². The summed E-state index contributed by atoms with van der Waals surface area (Å²) in [5.41, 5.74) is 2.02. The summed E-state index contributed by atoms with van der Waals surface area (Å²) in [4.78, 5) is 9.26. The molecular formula is C6H8FNO2. The average Bonchev–Trinajstić information content (AvgIpc) is 1.82. The summed E-state index contributed by atoms with van der Waals surface area (Å²) < 4.78 is 12.0. The van der Waals surface area contributed by atoms with E-state index in [9.17, 15) is 14.5 Å². The van der Waals surface area contributed by atoms with Crippen LogP contribution >= 0.6 is 0 Å². The molecule has 56 valence electrons.